The molecule has 1 aliphatic heterocycles. The quantitative estimate of drug-likeness (QED) is 0.337. The third-order valence-electron chi connectivity index (χ3n) is 4.48. The number of hydrogen-bond donors (Lipinski definition) is 1. The molecule has 1 aliphatic rings. The fourth-order valence-corrected chi connectivity index (χ4v) is 4.71. The molecule has 4 rings (SSSR count). The van der Waals surface area contributed by atoms with Crippen LogP contribution >= 0.6 is 23.1 Å². The molecule has 0 spiro atoms. The summed E-state index contributed by atoms with van der Waals surface area (Å²) < 4.78 is 12.9. The second-order valence-corrected chi connectivity index (χ2v) is 8.49. The minimum Gasteiger partial charge on any atom is -0.454 e. The summed E-state index contributed by atoms with van der Waals surface area (Å²) in [5.41, 5.74) is 1.26. The number of rotatable bonds is 7. The van der Waals surface area contributed by atoms with Gasteiger partial charge in [0, 0.05) is 18.2 Å². The van der Waals surface area contributed by atoms with Crippen molar-refractivity contribution in [2.75, 3.05) is 17.9 Å². The molecule has 0 radical (unpaired) electrons. The van der Waals surface area contributed by atoms with Gasteiger partial charge in [-0.25, -0.2) is 4.98 Å². The van der Waals surface area contributed by atoms with E-state index < -0.39 is 0 Å². The molecule has 3 heterocycles. The predicted molar refractivity (Wildman–Crippen MR) is 116 cm³/mol. The first-order valence-electron chi connectivity index (χ1n) is 9.33. The van der Waals surface area contributed by atoms with Crippen molar-refractivity contribution >= 4 is 50.7 Å². The molecule has 0 saturated heterocycles. The van der Waals surface area contributed by atoms with Gasteiger partial charge in [0.05, 0.1) is 17.0 Å². The molecule has 1 aromatic carbocycles. The first-order valence-corrected chi connectivity index (χ1v) is 11.2. The van der Waals surface area contributed by atoms with Crippen molar-refractivity contribution in [3.63, 3.8) is 0 Å². The molecule has 0 aliphatic carbocycles. The molecule has 3 aromatic rings. The molecule has 1 N–H and O–H groups in total. The Labute approximate surface area is 180 Å². The van der Waals surface area contributed by atoms with E-state index in [0.29, 0.717) is 44.7 Å². The molecule has 2 aromatic heterocycles. The van der Waals surface area contributed by atoms with E-state index in [1.54, 1.807) is 22.8 Å². The van der Waals surface area contributed by atoms with Crippen LogP contribution in [-0.4, -0.2) is 33.8 Å². The highest BCUT2D eigenvalue weighted by atomic mass is 32.2. The van der Waals surface area contributed by atoms with Crippen molar-refractivity contribution in [2.24, 2.45) is 0 Å². The van der Waals surface area contributed by atoms with Gasteiger partial charge in [-0.15, -0.1) is 11.3 Å². The number of amides is 1. The molecule has 0 unspecified atom stereocenters. The number of ether oxygens (including phenoxy) is 2. The lowest BCUT2D eigenvalue weighted by Crippen LogP contribution is -2.23. The highest BCUT2D eigenvalue weighted by Gasteiger charge is 2.21. The minimum atomic E-state index is -0.316. The molecular formula is C20H19N3O5S2. The topological polar surface area (TPSA) is 99.5 Å². The van der Waals surface area contributed by atoms with E-state index in [0.717, 1.165) is 6.42 Å². The van der Waals surface area contributed by atoms with Crippen molar-refractivity contribution in [3.8, 4) is 11.5 Å². The lowest BCUT2D eigenvalue weighted by atomic mass is 10.1. The number of hydrogen-bond acceptors (Lipinski definition) is 8. The van der Waals surface area contributed by atoms with Gasteiger partial charge < -0.3 is 14.8 Å². The van der Waals surface area contributed by atoms with Gasteiger partial charge in [0.15, 0.2) is 22.4 Å². The highest BCUT2D eigenvalue weighted by molar-refractivity contribution is 7.99. The smallest absolute Gasteiger partial charge is 0.272 e. The lowest BCUT2D eigenvalue weighted by molar-refractivity contribution is -0.113. The van der Waals surface area contributed by atoms with Crippen LogP contribution in [0, 0.1) is 0 Å². The van der Waals surface area contributed by atoms with Crippen LogP contribution in [-0.2, 0) is 11.3 Å². The Hall–Kier alpha value is -2.85. The zero-order chi connectivity index (χ0) is 21.3. The normalized spacial score (nSPS) is 12.3. The number of Topliss-reactive ketones (excluding diaryl/α,β-unsaturated/α-hetero) is 1. The third-order valence-corrected chi connectivity index (χ3v) is 6.34. The largest absolute Gasteiger partial charge is 0.454 e. The second-order valence-electron chi connectivity index (χ2n) is 6.63. The zero-order valence-corrected chi connectivity index (χ0v) is 18.0. The summed E-state index contributed by atoms with van der Waals surface area (Å²) in [5, 5.41) is 5.09. The van der Waals surface area contributed by atoms with Gasteiger partial charge in [-0.05, 0) is 30.9 Å². The number of ketones is 1. The second kappa shape index (κ2) is 8.49. The number of carbonyl (C=O) groups excluding carboxylic acids is 2. The van der Waals surface area contributed by atoms with Crippen LogP contribution in [0.1, 0.15) is 30.6 Å². The maximum absolute atomic E-state index is 12.7. The van der Waals surface area contributed by atoms with Gasteiger partial charge in [0.1, 0.15) is 4.70 Å². The molecular weight excluding hydrogens is 426 g/mol. The molecule has 0 saturated carbocycles. The monoisotopic (exact) mass is 445 g/mol. The maximum Gasteiger partial charge on any atom is 0.272 e. The number of nitrogens with zero attached hydrogens (tertiary/aromatic N) is 2. The summed E-state index contributed by atoms with van der Waals surface area (Å²) in [6.07, 6.45) is 0.775. The van der Waals surface area contributed by atoms with E-state index in [4.69, 9.17) is 9.47 Å². The number of anilines is 1. The summed E-state index contributed by atoms with van der Waals surface area (Å²) in [4.78, 5) is 41.9. The predicted octanol–water partition coefficient (Wildman–Crippen LogP) is 3.53. The number of fused-ring (bicyclic) bond motifs is 2. The Morgan fingerprint density at radius 3 is 2.80 bits per heavy atom. The molecule has 8 nitrogen and oxygen atoms in total. The van der Waals surface area contributed by atoms with E-state index in [2.05, 4.69) is 10.3 Å². The third kappa shape index (κ3) is 3.92. The first kappa shape index (κ1) is 20.4. The van der Waals surface area contributed by atoms with Crippen molar-refractivity contribution in [3.05, 3.63) is 39.5 Å². The van der Waals surface area contributed by atoms with Gasteiger partial charge in [-0.3, -0.25) is 19.0 Å². The Bertz CT molecular complexity index is 1200. The van der Waals surface area contributed by atoms with Crippen molar-refractivity contribution in [1.29, 1.82) is 0 Å². The molecule has 0 bridgehead atoms. The van der Waals surface area contributed by atoms with Crippen LogP contribution in [0.4, 0.5) is 5.69 Å². The highest BCUT2D eigenvalue weighted by Crippen LogP contribution is 2.37. The van der Waals surface area contributed by atoms with E-state index in [1.165, 1.54) is 30.0 Å². The van der Waals surface area contributed by atoms with Gasteiger partial charge in [-0.2, -0.15) is 0 Å². The molecule has 0 fully saturated rings. The van der Waals surface area contributed by atoms with Crippen LogP contribution in [0.15, 0.2) is 33.5 Å². The van der Waals surface area contributed by atoms with Gasteiger partial charge in [0.2, 0.25) is 12.7 Å². The van der Waals surface area contributed by atoms with E-state index in [9.17, 15) is 14.4 Å². The van der Waals surface area contributed by atoms with Crippen LogP contribution in [0.3, 0.4) is 0 Å². The van der Waals surface area contributed by atoms with Crippen LogP contribution in [0.5, 0.6) is 11.5 Å². The van der Waals surface area contributed by atoms with E-state index in [1.807, 2.05) is 12.3 Å². The van der Waals surface area contributed by atoms with Crippen LogP contribution in [0.2, 0.25) is 0 Å². The number of carbonyl (C=O) groups is 2. The zero-order valence-electron chi connectivity index (χ0n) is 16.4. The standard InChI is InChI=1S/C20H19N3O5S2/c1-3-5-23-19(26)18-13(4-6-29-18)22-20(23)30-9-17(25)21-14-8-16-15(27-10-28-16)7-12(14)11(2)24/h4,6-8H,3,5,9-10H2,1-2H3,(H,21,25). The average Bonchev–Trinajstić information content (AvgIpc) is 3.37. The average molecular weight is 446 g/mol. The summed E-state index contributed by atoms with van der Waals surface area (Å²) >= 11 is 2.55. The Morgan fingerprint density at radius 1 is 1.30 bits per heavy atom. The molecule has 30 heavy (non-hydrogen) atoms. The number of thioether (sulfide) groups is 1. The minimum absolute atomic E-state index is 0.0393. The Balaban J connectivity index is 1.54. The lowest BCUT2D eigenvalue weighted by Gasteiger charge is -2.12. The van der Waals surface area contributed by atoms with Crippen molar-refractivity contribution in [2.45, 2.75) is 32.0 Å². The van der Waals surface area contributed by atoms with Crippen LogP contribution in [0.25, 0.3) is 10.2 Å². The van der Waals surface area contributed by atoms with Gasteiger partial charge >= 0.3 is 0 Å². The number of thiophene rings is 1. The van der Waals surface area contributed by atoms with Crippen molar-refractivity contribution < 1.29 is 19.1 Å². The van der Waals surface area contributed by atoms with Crippen molar-refractivity contribution in [1.82, 2.24) is 9.55 Å². The van der Waals surface area contributed by atoms with Gasteiger partial charge in [-0.1, -0.05) is 18.7 Å². The van der Waals surface area contributed by atoms with Crippen LogP contribution < -0.4 is 20.3 Å². The first-order chi connectivity index (χ1) is 14.5. The Morgan fingerprint density at radius 2 is 2.07 bits per heavy atom. The van der Waals surface area contributed by atoms with Gasteiger partial charge in [0.25, 0.3) is 5.56 Å². The molecule has 10 heteroatoms. The fourth-order valence-electron chi connectivity index (χ4n) is 3.11. The number of aromatic nitrogens is 2. The summed E-state index contributed by atoms with van der Waals surface area (Å²) in [6, 6.07) is 4.95. The molecule has 156 valence electrons. The number of benzene rings is 1. The summed E-state index contributed by atoms with van der Waals surface area (Å²) in [7, 11) is 0. The fraction of sp³-hybridized carbons (Fsp3) is 0.300. The SMILES string of the molecule is CCCn1c(SCC(=O)Nc2cc3c(cc2C(C)=O)OCO3)nc2ccsc2c1=O. The molecule has 1 amide bonds. The van der Waals surface area contributed by atoms with E-state index >= 15 is 0 Å². The summed E-state index contributed by atoms with van der Waals surface area (Å²) in [6.45, 7) is 4.01. The van der Waals surface area contributed by atoms with E-state index in [-0.39, 0.29) is 29.8 Å². The molecule has 0 atom stereocenters. The Kier molecular flexibility index (Phi) is 5.78. The number of nitrogens with one attached hydrogen (secondary N) is 1. The summed E-state index contributed by atoms with van der Waals surface area (Å²) in [5.74, 6) is 0.479. The maximum atomic E-state index is 12.7.